The highest BCUT2D eigenvalue weighted by Gasteiger charge is 2.32. The molecule has 1 aromatic heterocycles. The predicted molar refractivity (Wildman–Crippen MR) is 154 cm³/mol. The zero-order valence-corrected chi connectivity index (χ0v) is 23.4. The number of urea groups is 1. The van der Waals surface area contributed by atoms with E-state index >= 15 is 0 Å². The summed E-state index contributed by atoms with van der Waals surface area (Å²) in [6.07, 6.45) is -2.42. The van der Waals surface area contributed by atoms with Crippen LogP contribution in [-0.4, -0.2) is 51.3 Å². The van der Waals surface area contributed by atoms with Crippen LogP contribution in [0.2, 0.25) is 0 Å². The molecule has 0 atom stereocenters. The van der Waals surface area contributed by atoms with Crippen LogP contribution < -0.4 is 15.0 Å². The Hall–Kier alpha value is -4.65. The van der Waals surface area contributed by atoms with E-state index in [0.29, 0.717) is 41.1 Å². The lowest BCUT2D eigenvalue weighted by atomic mass is 10.1. The van der Waals surface area contributed by atoms with Crippen LogP contribution in [-0.2, 0) is 17.4 Å². The SMILES string of the molecule is COc1ccc(N2C(=O)CS/C2=N\C(=O)NCCc2ccc(-c3ncn(-c4ccc(C(F)(F)F)cc4)n3)cc2)c(C)c1. The van der Waals surface area contributed by atoms with E-state index in [1.807, 2.05) is 37.3 Å². The first kappa shape index (κ1) is 28.9. The maximum absolute atomic E-state index is 12.8. The lowest BCUT2D eigenvalue weighted by Crippen LogP contribution is -2.32. The Kier molecular flexibility index (Phi) is 8.29. The third-order valence-corrected chi connectivity index (χ3v) is 7.38. The fourth-order valence-electron chi connectivity index (χ4n) is 4.27. The van der Waals surface area contributed by atoms with E-state index in [-0.39, 0.29) is 11.7 Å². The number of anilines is 1. The van der Waals surface area contributed by atoms with Gasteiger partial charge in [0.05, 0.1) is 29.8 Å². The monoisotopic (exact) mass is 594 g/mol. The quantitative estimate of drug-likeness (QED) is 0.297. The number of methoxy groups -OCH3 is 1. The molecule has 3 aromatic carbocycles. The van der Waals surface area contributed by atoms with Crippen molar-refractivity contribution in [2.75, 3.05) is 24.3 Å². The molecule has 216 valence electrons. The Morgan fingerprint density at radius 3 is 2.50 bits per heavy atom. The molecule has 1 N–H and O–H groups in total. The summed E-state index contributed by atoms with van der Waals surface area (Å²) in [6, 6.07) is 16.9. The number of aromatic nitrogens is 3. The molecule has 0 saturated carbocycles. The van der Waals surface area contributed by atoms with Gasteiger partial charge in [0.15, 0.2) is 11.0 Å². The molecule has 1 aliphatic rings. The molecule has 13 heteroatoms. The Morgan fingerprint density at radius 2 is 1.83 bits per heavy atom. The molecule has 3 amide bonds. The number of hydrogen-bond donors (Lipinski definition) is 1. The first-order chi connectivity index (χ1) is 20.1. The molecule has 9 nitrogen and oxygen atoms in total. The number of aryl methyl sites for hydroxylation is 1. The standard InChI is InChI=1S/C29H25F3N6O3S/c1-18-15-23(41-2)11-12-24(18)38-25(39)16-42-28(38)35-27(40)33-14-13-19-3-5-20(6-4-19)26-34-17-37(36-26)22-9-7-21(8-10-22)29(30,31)32/h3-12,15,17H,13-14,16H2,1-2H3,(H,33,40)/b35-28-. The number of thioether (sulfide) groups is 1. The Balaban J connectivity index is 1.17. The van der Waals surface area contributed by atoms with Gasteiger partial charge < -0.3 is 10.1 Å². The molecule has 5 rings (SSSR count). The van der Waals surface area contributed by atoms with Crippen LogP contribution in [0.3, 0.4) is 0 Å². The lowest BCUT2D eigenvalue weighted by Gasteiger charge is -2.18. The van der Waals surface area contributed by atoms with Crippen LogP contribution in [0.4, 0.5) is 23.7 Å². The molecule has 1 saturated heterocycles. The smallest absolute Gasteiger partial charge is 0.416 e. The maximum Gasteiger partial charge on any atom is 0.416 e. The number of amides is 3. The minimum absolute atomic E-state index is 0.154. The summed E-state index contributed by atoms with van der Waals surface area (Å²) in [5, 5.41) is 7.45. The first-order valence-electron chi connectivity index (χ1n) is 12.8. The number of nitrogens with one attached hydrogen (secondary N) is 1. The second-order valence-corrected chi connectivity index (χ2v) is 10.2. The molecule has 0 unspecified atom stereocenters. The molecule has 1 aliphatic heterocycles. The fraction of sp³-hybridized carbons (Fsp3) is 0.207. The number of aliphatic imine (C=N–C) groups is 1. The normalized spacial score (nSPS) is 14.5. The number of nitrogens with zero attached hydrogens (tertiary/aromatic N) is 5. The van der Waals surface area contributed by atoms with Crippen molar-refractivity contribution in [2.24, 2.45) is 4.99 Å². The maximum atomic E-state index is 12.8. The summed E-state index contributed by atoms with van der Waals surface area (Å²) in [5.74, 6) is 1.13. The van der Waals surface area contributed by atoms with E-state index in [2.05, 4.69) is 20.4 Å². The summed E-state index contributed by atoms with van der Waals surface area (Å²) in [4.78, 5) is 34.9. The molecule has 1 fully saturated rings. The highest BCUT2D eigenvalue weighted by atomic mass is 32.2. The van der Waals surface area contributed by atoms with E-state index in [4.69, 9.17) is 4.74 Å². The van der Waals surface area contributed by atoms with Gasteiger partial charge in [0.25, 0.3) is 0 Å². The molecule has 42 heavy (non-hydrogen) atoms. The molecular formula is C29H25F3N6O3S. The Labute approximate surface area is 243 Å². The molecule has 2 heterocycles. The number of ether oxygens (including phenoxy) is 1. The second kappa shape index (κ2) is 12.1. The number of rotatable bonds is 7. The minimum Gasteiger partial charge on any atom is -0.497 e. The lowest BCUT2D eigenvalue weighted by molar-refractivity contribution is -0.137. The Morgan fingerprint density at radius 1 is 1.10 bits per heavy atom. The van der Waals surface area contributed by atoms with Gasteiger partial charge in [-0.15, -0.1) is 5.10 Å². The zero-order chi connectivity index (χ0) is 29.9. The second-order valence-electron chi connectivity index (χ2n) is 9.30. The highest BCUT2D eigenvalue weighted by Crippen LogP contribution is 2.32. The van der Waals surface area contributed by atoms with Gasteiger partial charge in [0.1, 0.15) is 12.1 Å². The summed E-state index contributed by atoms with van der Waals surface area (Å²) in [5.41, 5.74) is 2.88. The minimum atomic E-state index is -4.40. The fourth-order valence-corrected chi connectivity index (χ4v) is 5.13. The van der Waals surface area contributed by atoms with Crippen molar-refractivity contribution in [1.29, 1.82) is 0 Å². The predicted octanol–water partition coefficient (Wildman–Crippen LogP) is 5.66. The van der Waals surface area contributed by atoms with Crippen LogP contribution in [0.25, 0.3) is 17.1 Å². The van der Waals surface area contributed by atoms with Crippen molar-refractivity contribution >= 4 is 34.6 Å². The van der Waals surface area contributed by atoms with E-state index in [1.54, 1.807) is 19.2 Å². The summed E-state index contributed by atoms with van der Waals surface area (Å²) in [6.45, 7) is 2.19. The van der Waals surface area contributed by atoms with Crippen molar-refractivity contribution in [3.63, 3.8) is 0 Å². The van der Waals surface area contributed by atoms with Crippen molar-refractivity contribution < 1.29 is 27.5 Å². The number of alkyl halides is 3. The van der Waals surface area contributed by atoms with Crippen molar-refractivity contribution in [1.82, 2.24) is 20.1 Å². The highest BCUT2D eigenvalue weighted by molar-refractivity contribution is 8.15. The van der Waals surface area contributed by atoms with Gasteiger partial charge in [-0.25, -0.2) is 14.5 Å². The molecule has 0 spiro atoms. The number of hydrogen-bond acceptors (Lipinski definition) is 6. The van der Waals surface area contributed by atoms with Gasteiger partial charge in [0, 0.05) is 12.1 Å². The molecule has 0 bridgehead atoms. The van der Waals surface area contributed by atoms with Crippen LogP contribution in [0, 0.1) is 6.92 Å². The van der Waals surface area contributed by atoms with Gasteiger partial charge in [-0.3, -0.25) is 9.69 Å². The van der Waals surface area contributed by atoms with Crippen LogP contribution >= 0.6 is 11.8 Å². The van der Waals surface area contributed by atoms with Gasteiger partial charge >= 0.3 is 12.2 Å². The molecular weight excluding hydrogens is 569 g/mol. The largest absolute Gasteiger partial charge is 0.497 e. The Bertz CT molecular complexity index is 1640. The number of amidine groups is 1. The average molecular weight is 595 g/mol. The molecule has 0 aliphatic carbocycles. The number of benzene rings is 3. The van der Waals surface area contributed by atoms with Gasteiger partial charge in [-0.2, -0.15) is 18.2 Å². The average Bonchev–Trinajstić information content (AvgIpc) is 3.60. The summed E-state index contributed by atoms with van der Waals surface area (Å²) < 4.78 is 45.1. The number of carbonyl (C=O) groups excluding carboxylic acids is 2. The van der Waals surface area contributed by atoms with Crippen LogP contribution in [0.1, 0.15) is 16.7 Å². The summed E-state index contributed by atoms with van der Waals surface area (Å²) >= 11 is 1.21. The van der Waals surface area contributed by atoms with Gasteiger partial charge in [-0.05, 0) is 66.9 Å². The molecule has 4 aromatic rings. The van der Waals surface area contributed by atoms with Gasteiger partial charge in [-0.1, -0.05) is 36.0 Å². The van der Waals surface area contributed by atoms with Crippen LogP contribution in [0.15, 0.2) is 78.0 Å². The first-order valence-corrected chi connectivity index (χ1v) is 13.8. The number of halogens is 3. The van der Waals surface area contributed by atoms with Crippen molar-refractivity contribution in [3.8, 4) is 22.8 Å². The van der Waals surface area contributed by atoms with Crippen molar-refractivity contribution in [3.05, 3.63) is 89.7 Å². The third kappa shape index (κ3) is 6.46. The third-order valence-electron chi connectivity index (χ3n) is 6.46. The van der Waals surface area contributed by atoms with E-state index in [0.717, 1.165) is 28.8 Å². The van der Waals surface area contributed by atoms with Crippen molar-refractivity contribution in [2.45, 2.75) is 19.5 Å². The van der Waals surface area contributed by atoms with Crippen LogP contribution in [0.5, 0.6) is 5.75 Å². The topological polar surface area (TPSA) is 102 Å². The van der Waals surface area contributed by atoms with E-state index in [1.165, 1.54) is 39.8 Å². The van der Waals surface area contributed by atoms with Gasteiger partial charge in [0.2, 0.25) is 5.91 Å². The summed E-state index contributed by atoms with van der Waals surface area (Å²) in [7, 11) is 1.57. The molecule has 0 radical (unpaired) electrons. The number of carbonyl (C=O) groups is 2. The van der Waals surface area contributed by atoms with E-state index < -0.39 is 17.8 Å². The van der Waals surface area contributed by atoms with E-state index in [9.17, 15) is 22.8 Å². The zero-order valence-electron chi connectivity index (χ0n) is 22.6.